The van der Waals surface area contributed by atoms with Gasteiger partial charge in [-0.05, 0) is 31.2 Å². The van der Waals surface area contributed by atoms with Crippen molar-refractivity contribution in [2.24, 2.45) is 7.05 Å². The Morgan fingerprint density at radius 3 is 2.64 bits per heavy atom. The van der Waals surface area contributed by atoms with E-state index in [-0.39, 0.29) is 5.91 Å². The number of hydrogen-bond acceptors (Lipinski definition) is 4. The summed E-state index contributed by atoms with van der Waals surface area (Å²) in [4.78, 5) is 17.8. The molecule has 0 aliphatic carbocycles. The number of carbonyl (C=O) groups excluding carboxylic acids is 1. The topological polar surface area (TPSA) is 83.6 Å². The molecule has 0 unspecified atom stereocenters. The standard InChI is InChI=1S/C22H17N5O/c1-14-20-18(22(28)24-17-10-6-7-15(11-17)13-23)12-19(16-8-4-3-5-9-16)25-21(20)27(2)26-14/h3-12H,1-2H3,(H,24,28). The highest BCUT2D eigenvalue weighted by molar-refractivity contribution is 6.13. The molecule has 1 N–H and O–H groups in total. The van der Waals surface area contributed by atoms with Crippen molar-refractivity contribution in [2.45, 2.75) is 6.92 Å². The van der Waals surface area contributed by atoms with E-state index in [1.807, 2.05) is 44.3 Å². The number of benzene rings is 2. The number of amides is 1. The molecule has 0 aliphatic rings. The van der Waals surface area contributed by atoms with Crippen LogP contribution in [0.5, 0.6) is 0 Å². The molecule has 2 aromatic heterocycles. The third-order valence-electron chi connectivity index (χ3n) is 4.53. The molecule has 0 bridgehead atoms. The van der Waals surface area contributed by atoms with Crippen LogP contribution in [0.15, 0.2) is 60.7 Å². The van der Waals surface area contributed by atoms with E-state index in [1.165, 1.54) is 0 Å². The summed E-state index contributed by atoms with van der Waals surface area (Å²) in [6.07, 6.45) is 0. The van der Waals surface area contributed by atoms with Crippen molar-refractivity contribution in [1.82, 2.24) is 14.8 Å². The third kappa shape index (κ3) is 3.10. The monoisotopic (exact) mass is 367 g/mol. The highest BCUT2D eigenvalue weighted by Crippen LogP contribution is 2.27. The van der Waals surface area contributed by atoms with Crippen LogP contribution >= 0.6 is 0 Å². The normalized spacial score (nSPS) is 10.6. The molecule has 0 saturated heterocycles. The maximum Gasteiger partial charge on any atom is 0.256 e. The largest absolute Gasteiger partial charge is 0.322 e. The Morgan fingerprint density at radius 1 is 1.11 bits per heavy atom. The first-order chi connectivity index (χ1) is 13.6. The van der Waals surface area contributed by atoms with Gasteiger partial charge in [0.05, 0.1) is 34.0 Å². The van der Waals surface area contributed by atoms with Gasteiger partial charge in [-0.1, -0.05) is 36.4 Å². The maximum atomic E-state index is 13.1. The van der Waals surface area contributed by atoms with Crippen molar-refractivity contribution in [3.8, 4) is 17.3 Å². The van der Waals surface area contributed by atoms with E-state index in [4.69, 9.17) is 10.2 Å². The number of nitrogens with zero attached hydrogens (tertiary/aromatic N) is 4. The van der Waals surface area contributed by atoms with E-state index < -0.39 is 0 Å². The van der Waals surface area contributed by atoms with Crippen LogP contribution in [0.1, 0.15) is 21.6 Å². The molecule has 4 rings (SSSR count). The Hall–Kier alpha value is -3.98. The van der Waals surface area contributed by atoms with Crippen molar-refractivity contribution in [1.29, 1.82) is 5.26 Å². The average Bonchev–Trinajstić information content (AvgIpc) is 3.02. The van der Waals surface area contributed by atoms with Gasteiger partial charge in [0.15, 0.2) is 5.65 Å². The summed E-state index contributed by atoms with van der Waals surface area (Å²) < 4.78 is 1.68. The molecule has 136 valence electrons. The number of fused-ring (bicyclic) bond motifs is 1. The summed E-state index contributed by atoms with van der Waals surface area (Å²) in [6.45, 7) is 1.86. The van der Waals surface area contributed by atoms with Gasteiger partial charge in [0.25, 0.3) is 5.91 Å². The van der Waals surface area contributed by atoms with Crippen LogP contribution in [0.25, 0.3) is 22.3 Å². The lowest BCUT2D eigenvalue weighted by atomic mass is 10.0. The van der Waals surface area contributed by atoms with E-state index in [9.17, 15) is 4.79 Å². The first-order valence-electron chi connectivity index (χ1n) is 8.78. The maximum absolute atomic E-state index is 13.1. The molecular formula is C22H17N5O. The predicted octanol–water partition coefficient (Wildman–Crippen LogP) is 4.07. The first-order valence-corrected chi connectivity index (χ1v) is 8.78. The molecule has 0 fully saturated rings. The molecule has 0 radical (unpaired) electrons. The van der Waals surface area contributed by atoms with Crippen LogP contribution in [0.4, 0.5) is 5.69 Å². The first kappa shape index (κ1) is 17.4. The van der Waals surface area contributed by atoms with Crippen LogP contribution < -0.4 is 5.32 Å². The second-order valence-electron chi connectivity index (χ2n) is 6.48. The van der Waals surface area contributed by atoms with Crippen LogP contribution in [0, 0.1) is 18.3 Å². The zero-order valence-electron chi connectivity index (χ0n) is 15.5. The molecule has 2 heterocycles. The smallest absolute Gasteiger partial charge is 0.256 e. The second-order valence-corrected chi connectivity index (χ2v) is 6.48. The van der Waals surface area contributed by atoms with Gasteiger partial charge in [-0.2, -0.15) is 10.4 Å². The van der Waals surface area contributed by atoms with Crippen LogP contribution in [-0.4, -0.2) is 20.7 Å². The Balaban J connectivity index is 1.84. The number of hydrogen-bond donors (Lipinski definition) is 1. The molecule has 0 spiro atoms. The van der Waals surface area contributed by atoms with Crippen molar-refractivity contribution < 1.29 is 4.79 Å². The minimum Gasteiger partial charge on any atom is -0.322 e. The van der Waals surface area contributed by atoms with Crippen LogP contribution in [-0.2, 0) is 7.05 Å². The highest BCUT2D eigenvalue weighted by Gasteiger charge is 2.19. The number of aromatic nitrogens is 3. The fourth-order valence-electron chi connectivity index (χ4n) is 3.25. The van der Waals surface area contributed by atoms with Crippen LogP contribution in [0.2, 0.25) is 0 Å². The van der Waals surface area contributed by atoms with E-state index in [2.05, 4.69) is 16.5 Å². The van der Waals surface area contributed by atoms with Gasteiger partial charge in [0.1, 0.15) is 0 Å². The fraction of sp³-hybridized carbons (Fsp3) is 0.0909. The molecule has 2 aromatic carbocycles. The average molecular weight is 367 g/mol. The molecule has 0 saturated carbocycles. The van der Waals surface area contributed by atoms with E-state index >= 15 is 0 Å². The molecule has 6 heteroatoms. The van der Waals surface area contributed by atoms with Gasteiger partial charge in [0, 0.05) is 18.3 Å². The molecular weight excluding hydrogens is 350 g/mol. The minimum atomic E-state index is -0.268. The Kier molecular flexibility index (Phi) is 4.34. The predicted molar refractivity (Wildman–Crippen MR) is 108 cm³/mol. The number of anilines is 1. The van der Waals surface area contributed by atoms with Crippen LogP contribution in [0.3, 0.4) is 0 Å². The lowest BCUT2D eigenvalue weighted by Gasteiger charge is -2.10. The summed E-state index contributed by atoms with van der Waals surface area (Å²) >= 11 is 0. The number of nitrogens with one attached hydrogen (secondary N) is 1. The number of carbonyl (C=O) groups is 1. The Labute approximate surface area is 162 Å². The lowest BCUT2D eigenvalue weighted by molar-refractivity contribution is 0.102. The van der Waals surface area contributed by atoms with Gasteiger partial charge < -0.3 is 5.32 Å². The highest BCUT2D eigenvalue weighted by atomic mass is 16.1. The van der Waals surface area contributed by atoms with E-state index in [0.29, 0.717) is 28.2 Å². The molecule has 6 nitrogen and oxygen atoms in total. The summed E-state index contributed by atoms with van der Waals surface area (Å²) in [5, 5.41) is 17.1. The van der Waals surface area contributed by atoms with Gasteiger partial charge in [-0.15, -0.1) is 0 Å². The van der Waals surface area contributed by atoms with Gasteiger partial charge in [-0.25, -0.2) is 4.98 Å². The number of rotatable bonds is 3. The summed E-state index contributed by atoms with van der Waals surface area (Å²) in [6, 6.07) is 20.4. The molecule has 0 atom stereocenters. The molecule has 4 aromatic rings. The van der Waals surface area contributed by atoms with Gasteiger partial charge in [0.2, 0.25) is 0 Å². The SMILES string of the molecule is Cc1nn(C)c2nc(-c3ccccc3)cc(C(=O)Nc3cccc(C#N)c3)c12. The van der Waals surface area contributed by atoms with Crippen molar-refractivity contribution >= 4 is 22.6 Å². The van der Waals surface area contributed by atoms with Crippen molar-refractivity contribution in [3.05, 3.63) is 77.5 Å². The third-order valence-corrected chi connectivity index (χ3v) is 4.53. The van der Waals surface area contributed by atoms with E-state index in [0.717, 1.165) is 16.6 Å². The van der Waals surface area contributed by atoms with Gasteiger partial charge >= 0.3 is 0 Å². The Morgan fingerprint density at radius 2 is 1.89 bits per heavy atom. The van der Waals surface area contributed by atoms with E-state index in [1.54, 1.807) is 35.0 Å². The zero-order chi connectivity index (χ0) is 19.7. The zero-order valence-corrected chi connectivity index (χ0v) is 15.5. The lowest BCUT2D eigenvalue weighted by Crippen LogP contribution is -2.13. The Bertz CT molecular complexity index is 1240. The molecule has 1 amide bonds. The fourth-order valence-corrected chi connectivity index (χ4v) is 3.25. The minimum absolute atomic E-state index is 0.268. The summed E-state index contributed by atoms with van der Waals surface area (Å²) in [7, 11) is 1.81. The molecule has 28 heavy (non-hydrogen) atoms. The summed E-state index contributed by atoms with van der Waals surface area (Å²) in [5.74, 6) is -0.268. The molecule has 0 aliphatic heterocycles. The number of aryl methyl sites for hydroxylation is 2. The second kappa shape index (κ2) is 6.97. The quantitative estimate of drug-likeness (QED) is 0.592. The number of nitriles is 1. The summed E-state index contributed by atoms with van der Waals surface area (Å²) in [5.41, 5.74) is 4.56. The van der Waals surface area contributed by atoms with Crippen molar-refractivity contribution in [2.75, 3.05) is 5.32 Å². The number of pyridine rings is 1. The van der Waals surface area contributed by atoms with Crippen molar-refractivity contribution in [3.63, 3.8) is 0 Å². The van der Waals surface area contributed by atoms with Gasteiger partial charge in [-0.3, -0.25) is 9.48 Å².